The summed E-state index contributed by atoms with van der Waals surface area (Å²) in [7, 11) is -6.01. The molecule has 11 heteroatoms. The Morgan fingerprint density at radius 1 is 0.771 bits per heavy atom. The lowest BCUT2D eigenvalue weighted by atomic mass is 10.1. The highest BCUT2D eigenvalue weighted by Crippen LogP contribution is 2.44. The predicted octanol–water partition coefficient (Wildman–Crippen LogP) is 3.74. The summed E-state index contributed by atoms with van der Waals surface area (Å²) < 4.78 is 65.0. The number of rotatable bonds is 7. The Bertz CT molecular complexity index is 1590. The summed E-state index contributed by atoms with van der Waals surface area (Å²) in [5, 5.41) is 15.8. The Balaban J connectivity index is 2.14. The van der Waals surface area contributed by atoms with Gasteiger partial charge in [0.05, 0.1) is 35.4 Å². The number of hydrogen-bond acceptors (Lipinski definition) is 7. The molecule has 0 aromatic heterocycles. The maximum absolute atomic E-state index is 14.4. The van der Waals surface area contributed by atoms with Crippen molar-refractivity contribution < 1.29 is 31.4 Å². The van der Waals surface area contributed by atoms with Gasteiger partial charge >= 0.3 is 0 Å². The number of nitrogens with zero attached hydrogens (tertiary/aromatic N) is 1. The zero-order valence-electron chi connectivity index (χ0n) is 18.7. The number of methoxy groups -OCH3 is 2. The molecular formula is C24H22N2O7S2. The van der Waals surface area contributed by atoms with Crippen LogP contribution in [0.4, 0.5) is 11.4 Å². The molecule has 0 amide bonds. The third-order valence-corrected chi connectivity index (χ3v) is 7.99. The highest BCUT2D eigenvalue weighted by molar-refractivity contribution is 7.93. The zero-order chi connectivity index (χ0) is 25.4. The standard InChI is InChI=1S/C24H22N2O7S2/c1-32-22-9-5-3-7-20(22)26(21-8-4-6-10-23(21)33-2)35(30,31)24-15-18(34(25,28)29)13-16-11-12-17(27)14-19(16)24/h3-15,27H,1-2H3,(H2,25,28,29). The van der Waals surface area contributed by atoms with Gasteiger partial charge in [0.2, 0.25) is 10.0 Å². The van der Waals surface area contributed by atoms with Crippen LogP contribution in [0.2, 0.25) is 0 Å². The summed E-state index contributed by atoms with van der Waals surface area (Å²) >= 11 is 0. The van der Waals surface area contributed by atoms with Crippen LogP contribution in [0.25, 0.3) is 10.8 Å². The molecule has 9 nitrogen and oxygen atoms in total. The van der Waals surface area contributed by atoms with E-state index in [1.165, 1.54) is 38.5 Å². The van der Waals surface area contributed by atoms with Crippen molar-refractivity contribution in [2.24, 2.45) is 5.14 Å². The van der Waals surface area contributed by atoms with E-state index >= 15 is 0 Å². The number of phenolic OH excluding ortho intramolecular Hbond substituents is 1. The van der Waals surface area contributed by atoms with Gasteiger partial charge < -0.3 is 14.6 Å². The number of phenols is 1. The molecular weight excluding hydrogens is 492 g/mol. The van der Waals surface area contributed by atoms with Gasteiger partial charge in [-0.3, -0.25) is 0 Å². The van der Waals surface area contributed by atoms with Gasteiger partial charge in [-0.2, -0.15) is 0 Å². The van der Waals surface area contributed by atoms with Crippen molar-refractivity contribution in [3.05, 3.63) is 78.9 Å². The van der Waals surface area contributed by atoms with E-state index in [0.717, 1.165) is 10.4 Å². The lowest BCUT2D eigenvalue weighted by molar-refractivity contribution is 0.413. The van der Waals surface area contributed by atoms with Gasteiger partial charge in [-0.05, 0) is 53.9 Å². The molecule has 4 aromatic carbocycles. The van der Waals surface area contributed by atoms with Crippen LogP contribution < -0.4 is 18.9 Å². The van der Waals surface area contributed by atoms with Crippen LogP contribution in [-0.2, 0) is 20.0 Å². The number of sulfonamides is 2. The van der Waals surface area contributed by atoms with Crippen LogP contribution in [0.5, 0.6) is 17.2 Å². The summed E-state index contributed by atoms with van der Waals surface area (Å²) in [5.74, 6) is 0.298. The molecule has 0 aliphatic carbocycles. The van der Waals surface area contributed by atoms with Crippen molar-refractivity contribution in [3.63, 3.8) is 0 Å². The molecule has 0 spiro atoms. The Kier molecular flexibility index (Phi) is 6.32. The van der Waals surface area contributed by atoms with E-state index in [1.807, 2.05) is 0 Å². The van der Waals surface area contributed by atoms with Crippen LogP contribution in [0.15, 0.2) is 88.7 Å². The number of anilines is 2. The molecule has 0 fully saturated rings. The van der Waals surface area contributed by atoms with E-state index in [1.54, 1.807) is 48.5 Å². The van der Waals surface area contributed by atoms with Gasteiger partial charge in [0.1, 0.15) is 17.2 Å². The van der Waals surface area contributed by atoms with E-state index in [2.05, 4.69) is 0 Å². The normalized spacial score (nSPS) is 11.9. The SMILES string of the molecule is COc1ccccc1N(c1ccccc1OC)S(=O)(=O)c1cc(S(N)(=O)=O)cc2ccc(O)cc12. The molecule has 0 unspecified atom stereocenters. The molecule has 3 N–H and O–H groups in total. The zero-order valence-corrected chi connectivity index (χ0v) is 20.4. The van der Waals surface area contributed by atoms with Crippen LogP contribution in [0.1, 0.15) is 0 Å². The maximum atomic E-state index is 14.4. The first-order valence-electron chi connectivity index (χ1n) is 10.2. The van der Waals surface area contributed by atoms with Crippen molar-refractivity contribution in [1.82, 2.24) is 0 Å². The van der Waals surface area contributed by atoms with Crippen LogP contribution in [-0.4, -0.2) is 36.2 Å². The lowest BCUT2D eigenvalue weighted by Gasteiger charge is -2.28. The number of ether oxygens (including phenoxy) is 2. The molecule has 0 bridgehead atoms. The molecule has 0 radical (unpaired) electrons. The smallest absolute Gasteiger partial charge is 0.269 e. The first kappa shape index (κ1) is 24.3. The van der Waals surface area contributed by atoms with E-state index in [4.69, 9.17) is 14.6 Å². The van der Waals surface area contributed by atoms with E-state index < -0.39 is 24.9 Å². The Labute approximate surface area is 203 Å². The number of aromatic hydroxyl groups is 1. The quantitative estimate of drug-likeness (QED) is 0.383. The van der Waals surface area contributed by atoms with Gasteiger partial charge in [-0.25, -0.2) is 26.3 Å². The van der Waals surface area contributed by atoms with Crippen molar-refractivity contribution in [1.29, 1.82) is 0 Å². The number of benzene rings is 4. The fourth-order valence-electron chi connectivity index (χ4n) is 3.75. The number of primary sulfonamides is 1. The summed E-state index contributed by atoms with van der Waals surface area (Å²) in [6.07, 6.45) is 0. The second-order valence-electron chi connectivity index (χ2n) is 7.48. The monoisotopic (exact) mass is 514 g/mol. The van der Waals surface area contributed by atoms with E-state index in [-0.39, 0.29) is 44.3 Å². The largest absolute Gasteiger partial charge is 0.508 e. The molecule has 182 valence electrons. The van der Waals surface area contributed by atoms with Crippen molar-refractivity contribution >= 4 is 42.2 Å². The van der Waals surface area contributed by atoms with Gasteiger partial charge in [-0.1, -0.05) is 30.3 Å². The Morgan fingerprint density at radius 2 is 1.31 bits per heavy atom. The number of fused-ring (bicyclic) bond motifs is 1. The summed E-state index contributed by atoms with van der Waals surface area (Å²) in [6.45, 7) is 0. The molecule has 0 atom stereocenters. The average molecular weight is 515 g/mol. The average Bonchev–Trinajstić information content (AvgIpc) is 2.83. The summed E-state index contributed by atoms with van der Waals surface area (Å²) in [4.78, 5) is -0.777. The second-order valence-corrected chi connectivity index (χ2v) is 10.8. The number of hydrogen-bond donors (Lipinski definition) is 2. The highest BCUT2D eigenvalue weighted by atomic mass is 32.2. The first-order valence-corrected chi connectivity index (χ1v) is 13.2. The summed E-state index contributed by atoms with van der Waals surface area (Å²) in [6, 6.07) is 19.1. The molecule has 0 aliphatic rings. The van der Waals surface area contributed by atoms with Crippen LogP contribution in [0, 0.1) is 0 Å². The summed E-state index contributed by atoms with van der Waals surface area (Å²) in [5.41, 5.74) is 0.322. The minimum absolute atomic E-state index is 0.104. The highest BCUT2D eigenvalue weighted by Gasteiger charge is 2.33. The minimum Gasteiger partial charge on any atom is -0.508 e. The topological polar surface area (TPSA) is 136 Å². The van der Waals surface area contributed by atoms with Gasteiger partial charge in [0.15, 0.2) is 0 Å². The molecule has 0 aliphatic heterocycles. The fourth-order valence-corrected chi connectivity index (χ4v) is 6.14. The van der Waals surface area contributed by atoms with Crippen molar-refractivity contribution in [3.8, 4) is 17.2 Å². The number of nitrogens with two attached hydrogens (primary N) is 1. The lowest BCUT2D eigenvalue weighted by Crippen LogP contribution is -2.28. The van der Waals surface area contributed by atoms with Crippen LogP contribution >= 0.6 is 0 Å². The Morgan fingerprint density at radius 3 is 1.83 bits per heavy atom. The van der Waals surface area contributed by atoms with Crippen molar-refractivity contribution in [2.75, 3.05) is 18.5 Å². The second kappa shape index (κ2) is 9.10. The van der Waals surface area contributed by atoms with E-state index in [0.29, 0.717) is 0 Å². The molecule has 0 heterocycles. The Hall–Kier alpha value is -3.80. The van der Waals surface area contributed by atoms with Gasteiger partial charge in [0, 0.05) is 5.39 Å². The van der Waals surface area contributed by atoms with Crippen molar-refractivity contribution in [2.45, 2.75) is 9.79 Å². The molecule has 35 heavy (non-hydrogen) atoms. The third-order valence-electron chi connectivity index (χ3n) is 5.33. The van der Waals surface area contributed by atoms with E-state index in [9.17, 15) is 21.9 Å². The molecule has 0 saturated heterocycles. The third kappa shape index (κ3) is 4.48. The molecule has 4 rings (SSSR count). The molecule has 0 saturated carbocycles. The fraction of sp³-hybridized carbons (Fsp3) is 0.0833. The van der Waals surface area contributed by atoms with Gasteiger partial charge in [0.25, 0.3) is 10.0 Å². The first-order chi connectivity index (χ1) is 16.6. The maximum Gasteiger partial charge on any atom is 0.269 e. The molecule has 4 aromatic rings. The number of para-hydroxylation sites is 4. The van der Waals surface area contributed by atoms with Crippen LogP contribution in [0.3, 0.4) is 0 Å². The van der Waals surface area contributed by atoms with Gasteiger partial charge in [-0.15, -0.1) is 0 Å². The predicted molar refractivity (Wildman–Crippen MR) is 132 cm³/mol. The minimum atomic E-state index is -4.56.